The van der Waals surface area contributed by atoms with Gasteiger partial charge in [0.05, 0.1) is 17.2 Å². The number of nitrogens with zero attached hydrogens (tertiary/aromatic N) is 5. The van der Waals surface area contributed by atoms with Gasteiger partial charge in [-0.05, 0) is 72.4 Å². The lowest BCUT2D eigenvalue weighted by Crippen LogP contribution is -2.53. The first-order valence-corrected chi connectivity index (χ1v) is 18.3. The number of nitrogens with one attached hydrogen (secondary N) is 2. The molecule has 51 heavy (non-hydrogen) atoms. The highest BCUT2D eigenvalue weighted by molar-refractivity contribution is 6.20. The molecule has 3 saturated heterocycles. The van der Waals surface area contributed by atoms with E-state index < -0.39 is 5.41 Å². The van der Waals surface area contributed by atoms with Crippen molar-refractivity contribution in [2.75, 3.05) is 55.6 Å². The van der Waals surface area contributed by atoms with Gasteiger partial charge in [-0.25, -0.2) is 4.79 Å². The maximum absolute atomic E-state index is 14.1. The number of nitriles is 1. The van der Waals surface area contributed by atoms with E-state index >= 15 is 0 Å². The third-order valence-electron chi connectivity index (χ3n) is 11.7. The van der Waals surface area contributed by atoms with Crippen molar-refractivity contribution < 1.29 is 14.4 Å². The van der Waals surface area contributed by atoms with Gasteiger partial charge in [-0.1, -0.05) is 39.0 Å². The normalized spacial score (nSPS) is 19.9. The molecule has 0 atom stereocenters. The number of imide groups is 1. The highest BCUT2D eigenvalue weighted by atomic mass is 16.2. The highest BCUT2D eigenvalue weighted by Crippen LogP contribution is 2.46. The zero-order valence-corrected chi connectivity index (χ0v) is 29.7. The molecule has 0 spiro atoms. The molecule has 1 aromatic heterocycles. The lowest BCUT2D eigenvalue weighted by molar-refractivity contribution is -0.120. The van der Waals surface area contributed by atoms with E-state index in [1.54, 1.807) is 11.0 Å². The van der Waals surface area contributed by atoms with E-state index in [1.165, 1.54) is 16.8 Å². The molecular formula is C41H45N7O3. The van der Waals surface area contributed by atoms with Gasteiger partial charge < -0.3 is 9.88 Å². The number of aromatic amines is 1. The SMILES string of the molecule is CCc1cc2c(cc1N1CCC(N3CCN(Cc4cccc(N5CCC(=O)NC5=O)c4)CC3)CC1)C(C)(C)c1[nH]c3cc(C#N)ccc3c1C2=O. The summed E-state index contributed by atoms with van der Waals surface area (Å²) in [7, 11) is 0. The van der Waals surface area contributed by atoms with Crippen LogP contribution in [0.3, 0.4) is 0 Å². The molecule has 262 valence electrons. The van der Waals surface area contributed by atoms with Gasteiger partial charge >= 0.3 is 6.03 Å². The molecule has 10 nitrogen and oxygen atoms in total. The number of carbonyl (C=O) groups excluding carboxylic acids is 3. The summed E-state index contributed by atoms with van der Waals surface area (Å²) in [4.78, 5) is 50.9. The van der Waals surface area contributed by atoms with Crippen molar-refractivity contribution in [1.82, 2.24) is 20.1 Å². The molecule has 8 rings (SSSR count). The van der Waals surface area contributed by atoms with Crippen LogP contribution in [0.4, 0.5) is 16.2 Å². The van der Waals surface area contributed by atoms with Crippen molar-refractivity contribution in [2.24, 2.45) is 0 Å². The Morgan fingerprint density at radius 1 is 0.922 bits per heavy atom. The first kappa shape index (κ1) is 33.2. The second kappa shape index (κ2) is 13.0. The number of piperidine rings is 1. The maximum atomic E-state index is 14.1. The van der Waals surface area contributed by atoms with E-state index in [2.05, 4.69) is 76.1 Å². The van der Waals surface area contributed by atoms with Crippen LogP contribution in [-0.2, 0) is 23.2 Å². The van der Waals surface area contributed by atoms with Crippen molar-refractivity contribution in [1.29, 1.82) is 5.26 Å². The standard InChI is InChI=1S/C41H45N7O3/c1-4-28-22-32-33(41(2,3)39-37(38(32)50)31-9-8-26(24-42)21-34(31)43-39)23-35(28)47-13-10-29(11-14-47)46-18-16-45(17-19-46)25-27-6-5-7-30(20-27)48-15-12-36(49)44-40(48)51/h5-9,20-23,29,43H,4,10-19,25H2,1-3H3,(H,44,49,51). The number of urea groups is 1. The van der Waals surface area contributed by atoms with Gasteiger partial charge in [-0.15, -0.1) is 0 Å². The number of H-pyrrole nitrogens is 1. The van der Waals surface area contributed by atoms with Gasteiger partial charge in [-0.3, -0.25) is 29.6 Å². The fraction of sp³-hybridized carbons (Fsp3) is 0.415. The minimum Gasteiger partial charge on any atom is -0.371 e. The minimum atomic E-state index is -0.395. The van der Waals surface area contributed by atoms with E-state index in [0.717, 1.165) is 104 Å². The fourth-order valence-electron chi connectivity index (χ4n) is 8.81. The van der Waals surface area contributed by atoms with Gasteiger partial charge in [0.2, 0.25) is 5.91 Å². The van der Waals surface area contributed by atoms with Gasteiger partial charge in [0.1, 0.15) is 0 Å². The molecule has 3 aliphatic heterocycles. The number of rotatable bonds is 6. The van der Waals surface area contributed by atoms with E-state index in [4.69, 9.17) is 0 Å². The molecule has 0 bridgehead atoms. The smallest absolute Gasteiger partial charge is 0.328 e. The van der Waals surface area contributed by atoms with Gasteiger partial charge in [-0.2, -0.15) is 5.26 Å². The number of anilines is 2. The molecule has 1 aliphatic carbocycles. The Balaban J connectivity index is 0.920. The number of aryl methyl sites for hydroxylation is 1. The van der Waals surface area contributed by atoms with Crippen LogP contribution in [0.25, 0.3) is 10.9 Å². The Labute approximate surface area is 299 Å². The number of hydrogen-bond acceptors (Lipinski definition) is 7. The van der Waals surface area contributed by atoms with Crippen LogP contribution in [-0.4, -0.2) is 84.4 Å². The predicted octanol–water partition coefficient (Wildman–Crippen LogP) is 5.71. The third-order valence-corrected chi connectivity index (χ3v) is 11.7. The summed E-state index contributed by atoms with van der Waals surface area (Å²) < 4.78 is 0. The van der Waals surface area contributed by atoms with Crippen molar-refractivity contribution >= 4 is 40.0 Å². The van der Waals surface area contributed by atoms with Gasteiger partial charge in [0.15, 0.2) is 5.78 Å². The van der Waals surface area contributed by atoms with Gasteiger partial charge in [0.25, 0.3) is 0 Å². The van der Waals surface area contributed by atoms with Crippen LogP contribution in [0, 0.1) is 11.3 Å². The second-order valence-electron chi connectivity index (χ2n) is 15.0. The van der Waals surface area contributed by atoms with E-state index in [9.17, 15) is 19.6 Å². The summed E-state index contributed by atoms with van der Waals surface area (Å²) in [5.41, 5.74) is 9.04. The summed E-state index contributed by atoms with van der Waals surface area (Å²) in [6.07, 6.45) is 3.40. The number of benzene rings is 3. The first-order chi connectivity index (χ1) is 24.6. The van der Waals surface area contributed by atoms with Crippen molar-refractivity contribution in [3.05, 3.63) is 93.7 Å². The maximum Gasteiger partial charge on any atom is 0.328 e. The molecule has 2 N–H and O–H groups in total. The molecule has 0 saturated carbocycles. The van der Waals surface area contributed by atoms with E-state index in [0.29, 0.717) is 24.6 Å². The number of piperazine rings is 1. The number of carbonyl (C=O) groups is 3. The molecule has 10 heteroatoms. The number of amides is 3. The van der Waals surface area contributed by atoms with E-state index in [-0.39, 0.29) is 17.7 Å². The van der Waals surface area contributed by atoms with Gasteiger partial charge in [0, 0.05) is 104 Å². The van der Waals surface area contributed by atoms with Crippen LogP contribution in [0.2, 0.25) is 0 Å². The van der Waals surface area contributed by atoms with Crippen LogP contribution in [0.15, 0.2) is 54.6 Å². The molecule has 4 aliphatic rings. The Bertz CT molecular complexity index is 2090. The lowest BCUT2D eigenvalue weighted by Gasteiger charge is -2.44. The topological polar surface area (TPSA) is 116 Å². The summed E-state index contributed by atoms with van der Waals surface area (Å²) in [6, 6.07) is 20.5. The molecule has 0 unspecified atom stereocenters. The summed E-state index contributed by atoms with van der Waals surface area (Å²) in [6.45, 7) is 13.9. The quantitative estimate of drug-likeness (QED) is 0.268. The Morgan fingerprint density at radius 2 is 1.71 bits per heavy atom. The molecular weight excluding hydrogens is 638 g/mol. The van der Waals surface area contributed by atoms with Crippen molar-refractivity contribution in [3.8, 4) is 6.07 Å². The van der Waals surface area contributed by atoms with Crippen LogP contribution < -0.4 is 15.1 Å². The molecule has 3 aromatic carbocycles. The van der Waals surface area contributed by atoms with Crippen LogP contribution in [0.1, 0.15) is 83.9 Å². The lowest BCUT2D eigenvalue weighted by atomic mass is 9.70. The number of ketones is 1. The summed E-state index contributed by atoms with van der Waals surface area (Å²) in [5, 5.41) is 12.8. The van der Waals surface area contributed by atoms with Crippen LogP contribution in [0.5, 0.6) is 0 Å². The first-order valence-electron chi connectivity index (χ1n) is 18.3. The highest BCUT2D eigenvalue weighted by Gasteiger charge is 2.41. The average molecular weight is 684 g/mol. The largest absolute Gasteiger partial charge is 0.371 e. The zero-order valence-electron chi connectivity index (χ0n) is 29.7. The molecule has 3 amide bonds. The monoisotopic (exact) mass is 683 g/mol. The molecule has 3 fully saturated rings. The number of hydrogen-bond donors (Lipinski definition) is 2. The third kappa shape index (κ3) is 5.88. The van der Waals surface area contributed by atoms with Crippen molar-refractivity contribution in [2.45, 2.75) is 64.5 Å². The number of aromatic nitrogens is 1. The molecule has 0 radical (unpaired) electrons. The average Bonchev–Trinajstić information content (AvgIpc) is 3.54. The fourth-order valence-corrected chi connectivity index (χ4v) is 8.81. The Kier molecular flexibility index (Phi) is 8.44. The summed E-state index contributed by atoms with van der Waals surface area (Å²) in [5.74, 6) is -0.154. The molecule has 4 heterocycles. The Morgan fingerprint density at radius 3 is 2.43 bits per heavy atom. The van der Waals surface area contributed by atoms with E-state index in [1.807, 2.05) is 24.3 Å². The minimum absolute atomic E-state index is 0.0641. The Hall–Kier alpha value is -4.98. The summed E-state index contributed by atoms with van der Waals surface area (Å²) >= 11 is 0. The number of fused-ring (bicyclic) bond motifs is 4. The molecule has 4 aromatic rings. The van der Waals surface area contributed by atoms with Crippen molar-refractivity contribution in [3.63, 3.8) is 0 Å². The zero-order chi connectivity index (χ0) is 35.4. The van der Waals surface area contributed by atoms with Crippen LogP contribution >= 0.6 is 0 Å². The predicted molar refractivity (Wildman–Crippen MR) is 198 cm³/mol. The second-order valence-corrected chi connectivity index (χ2v) is 15.0.